The summed E-state index contributed by atoms with van der Waals surface area (Å²) >= 11 is 3.47. The molecule has 0 unspecified atom stereocenters. The molecule has 198 valence electrons. The Hall–Kier alpha value is -4.52. The normalized spacial score (nSPS) is 11.1. The molecule has 39 heavy (non-hydrogen) atoms. The lowest BCUT2D eigenvalue weighted by Crippen LogP contribution is -2.05. The van der Waals surface area contributed by atoms with Crippen LogP contribution in [0.15, 0.2) is 83.3 Å². The predicted octanol–water partition coefficient (Wildman–Crippen LogP) is 6.44. The van der Waals surface area contributed by atoms with E-state index in [4.69, 9.17) is 4.74 Å². The zero-order chi connectivity index (χ0) is 27.5. The fraction of sp³-hybridized carbons (Fsp3) is 0.0769. The van der Waals surface area contributed by atoms with Gasteiger partial charge in [0.15, 0.2) is 0 Å². The highest BCUT2D eigenvalue weighted by Crippen LogP contribution is 2.31. The largest absolute Gasteiger partial charge is 0.480 e. The van der Waals surface area contributed by atoms with E-state index in [1.807, 2.05) is 6.07 Å². The minimum atomic E-state index is -2.95. The Labute approximate surface area is 226 Å². The number of rotatable bonds is 5. The van der Waals surface area contributed by atoms with Gasteiger partial charge in [-0.15, -0.1) is 29.7 Å². The summed E-state index contributed by atoms with van der Waals surface area (Å²) in [7, 11) is 1.54. The minimum absolute atomic E-state index is 0.235. The van der Waals surface area contributed by atoms with Gasteiger partial charge in [-0.2, -0.15) is 8.78 Å². The van der Waals surface area contributed by atoms with Gasteiger partial charge in [-0.3, -0.25) is 0 Å². The Balaban J connectivity index is 0.000000158. The minimum Gasteiger partial charge on any atom is -0.480 e. The molecular weight excluding hydrogens is 584 g/mol. The van der Waals surface area contributed by atoms with E-state index in [2.05, 4.69) is 41.1 Å². The second-order valence-electron chi connectivity index (χ2n) is 7.93. The number of nitrogens with zero attached hydrogens (tertiary/aromatic N) is 6. The van der Waals surface area contributed by atoms with Gasteiger partial charge in [0.25, 0.3) is 0 Å². The number of hydrogen-bond acceptors (Lipinski definition) is 6. The molecule has 0 aliphatic heterocycles. The third kappa shape index (κ3) is 5.82. The maximum atomic E-state index is 13.3. The van der Waals surface area contributed by atoms with E-state index in [0.29, 0.717) is 33.9 Å². The van der Waals surface area contributed by atoms with Gasteiger partial charge in [0, 0.05) is 23.3 Å². The molecule has 13 heteroatoms. The molecule has 0 aliphatic rings. The van der Waals surface area contributed by atoms with Crippen LogP contribution < -0.4 is 9.47 Å². The van der Waals surface area contributed by atoms with Crippen molar-refractivity contribution in [1.82, 2.24) is 29.7 Å². The zero-order valence-corrected chi connectivity index (χ0v) is 21.6. The Kier molecular flexibility index (Phi) is 7.41. The summed E-state index contributed by atoms with van der Waals surface area (Å²) in [6.07, 6.45) is 0. The van der Waals surface area contributed by atoms with Crippen molar-refractivity contribution in [3.05, 3.63) is 95.0 Å². The van der Waals surface area contributed by atoms with Crippen molar-refractivity contribution in [2.45, 2.75) is 6.61 Å². The number of hydrogen-bond donors (Lipinski definition) is 0. The smallest absolute Gasteiger partial charge is 0.388 e. The molecule has 0 saturated heterocycles. The van der Waals surface area contributed by atoms with Crippen LogP contribution in [0.5, 0.6) is 11.8 Å². The summed E-state index contributed by atoms with van der Waals surface area (Å²) in [5, 5.41) is 16.4. The Morgan fingerprint density at radius 2 is 1.41 bits per heavy atom. The van der Waals surface area contributed by atoms with Gasteiger partial charge in [-0.1, -0.05) is 24.3 Å². The summed E-state index contributed by atoms with van der Waals surface area (Å²) in [6, 6.07) is 20.3. The summed E-state index contributed by atoms with van der Waals surface area (Å²) in [4.78, 5) is 0. The predicted molar refractivity (Wildman–Crippen MR) is 138 cm³/mol. The molecule has 0 atom stereocenters. The van der Waals surface area contributed by atoms with Gasteiger partial charge in [-0.05, 0) is 58.4 Å². The number of halogens is 5. The number of methoxy groups -OCH3 is 1. The maximum absolute atomic E-state index is 13.3. The highest BCUT2D eigenvalue weighted by Gasteiger charge is 2.14. The molecule has 0 N–H and O–H groups in total. The fourth-order valence-electron chi connectivity index (χ4n) is 3.63. The lowest BCUT2D eigenvalue weighted by atomic mass is 10.1. The van der Waals surface area contributed by atoms with E-state index in [-0.39, 0.29) is 17.5 Å². The van der Waals surface area contributed by atoms with Gasteiger partial charge < -0.3 is 9.47 Å². The Morgan fingerprint density at radius 1 is 0.744 bits per heavy atom. The van der Waals surface area contributed by atoms with Crippen LogP contribution in [0.3, 0.4) is 0 Å². The highest BCUT2D eigenvalue weighted by molar-refractivity contribution is 9.10. The maximum Gasteiger partial charge on any atom is 0.388 e. The van der Waals surface area contributed by atoms with Crippen LogP contribution in [0.2, 0.25) is 0 Å². The SMILES string of the molecule is COc1ccc2c(Br)c(-c3cccc(F)c3)nn2n1.Fc1cccc(-c2cc3ccc(OC(F)F)nn3n2)c1. The summed E-state index contributed by atoms with van der Waals surface area (Å²) in [6.45, 7) is -2.95. The molecule has 0 aliphatic carbocycles. The third-order valence-electron chi connectivity index (χ3n) is 5.37. The van der Waals surface area contributed by atoms with Gasteiger partial charge in [-0.25, -0.2) is 8.78 Å². The van der Waals surface area contributed by atoms with Crippen molar-refractivity contribution < 1.29 is 27.0 Å². The van der Waals surface area contributed by atoms with E-state index >= 15 is 0 Å². The van der Waals surface area contributed by atoms with Gasteiger partial charge in [0.1, 0.15) is 22.8 Å². The van der Waals surface area contributed by atoms with Crippen molar-refractivity contribution >= 4 is 27.0 Å². The molecular formula is C26H17BrF4N6O2. The first-order chi connectivity index (χ1) is 18.8. The Bertz CT molecular complexity index is 1770. The van der Waals surface area contributed by atoms with Crippen molar-refractivity contribution in [2.24, 2.45) is 0 Å². The molecule has 2 aromatic carbocycles. The number of ether oxygens (including phenoxy) is 2. The van der Waals surface area contributed by atoms with Gasteiger partial charge in [0.2, 0.25) is 11.8 Å². The van der Waals surface area contributed by atoms with Crippen molar-refractivity contribution in [2.75, 3.05) is 7.11 Å². The first-order valence-corrected chi connectivity index (χ1v) is 12.0. The molecule has 8 nitrogen and oxygen atoms in total. The number of benzene rings is 2. The molecule has 6 rings (SSSR count). The quantitative estimate of drug-likeness (QED) is 0.212. The fourth-order valence-corrected chi connectivity index (χ4v) is 4.23. The first-order valence-electron chi connectivity index (χ1n) is 11.2. The van der Waals surface area contributed by atoms with Crippen LogP contribution in [0.1, 0.15) is 0 Å². The molecule has 0 radical (unpaired) electrons. The second kappa shape index (κ2) is 11.1. The molecule has 6 aromatic rings. The standard InChI is InChI=1S/C13H9BrFN3O.C13H8F3N3O/c1-19-11-6-5-10-12(14)13(17-18(10)16-11)8-3-2-4-9(15)7-8;14-9-3-1-2-8(6-9)11-7-10-4-5-12(20-13(15)16)18-19(10)17-11/h2-7H,1H3;1-7,13H. The van der Waals surface area contributed by atoms with Crippen LogP contribution in [0, 0.1) is 11.6 Å². The van der Waals surface area contributed by atoms with Crippen LogP contribution in [0.4, 0.5) is 17.6 Å². The van der Waals surface area contributed by atoms with Gasteiger partial charge >= 0.3 is 6.61 Å². The van der Waals surface area contributed by atoms with Crippen molar-refractivity contribution in [1.29, 1.82) is 0 Å². The lowest BCUT2D eigenvalue weighted by Gasteiger charge is -2.02. The number of alkyl halides is 2. The van der Waals surface area contributed by atoms with E-state index in [0.717, 1.165) is 14.6 Å². The van der Waals surface area contributed by atoms with Crippen LogP contribution in [-0.2, 0) is 0 Å². The van der Waals surface area contributed by atoms with E-state index in [1.54, 1.807) is 49.6 Å². The summed E-state index contributed by atoms with van der Waals surface area (Å²) in [5.41, 5.74) is 3.78. The highest BCUT2D eigenvalue weighted by atomic mass is 79.9. The molecule has 4 heterocycles. The Morgan fingerprint density at radius 3 is 2.10 bits per heavy atom. The van der Waals surface area contributed by atoms with E-state index < -0.39 is 6.61 Å². The molecule has 0 fully saturated rings. The average molecular weight is 601 g/mol. The summed E-state index contributed by atoms with van der Waals surface area (Å²) < 4.78 is 63.3. The zero-order valence-electron chi connectivity index (χ0n) is 20.0. The topological polar surface area (TPSA) is 78.8 Å². The second-order valence-corrected chi connectivity index (χ2v) is 8.72. The molecule has 0 amide bonds. The third-order valence-corrected chi connectivity index (χ3v) is 6.15. The summed E-state index contributed by atoms with van der Waals surface area (Å²) in [5.74, 6) is -0.448. The molecule has 0 saturated carbocycles. The van der Waals surface area contributed by atoms with Crippen LogP contribution >= 0.6 is 15.9 Å². The monoisotopic (exact) mass is 600 g/mol. The van der Waals surface area contributed by atoms with Crippen molar-refractivity contribution in [3.8, 4) is 34.3 Å². The van der Waals surface area contributed by atoms with Crippen LogP contribution in [-0.4, -0.2) is 43.4 Å². The molecule has 0 spiro atoms. The lowest BCUT2D eigenvalue weighted by molar-refractivity contribution is -0.0536. The van der Waals surface area contributed by atoms with Crippen molar-refractivity contribution in [3.63, 3.8) is 0 Å². The van der Waals surface area contributed by atoms with E-state index in [9.17, 15) is 17.6 Å². The number of fused-ring (bicyclic) bond motifs is 2. The van der Waals surface area contributed by atoms with Crippen LogP contribution in [0.25, 0.3) is 33.5 Å². The average Bonchev–Trinajstić information content (AvgIpc) is 3.49. The van der Waals surface area contributed by atoms with Gasteiger partial charge in [0.05, 0.1) is 22.8 Å². The van der Waals surface area contributed by atoms with E-state index in [1.165, 1.54) is 35.0 Å². The molecule has 4 aromatic heterocycles. The first kappa shape index (κ1) is 26.1. The number of aromatic nitrogens is 6. The molecule has 0 bridgehead atoms.